The van der Waals surface area contributed by atoms with Crippen molar-refractivity contribution in [2.75, 3.05) is 20.6 Å². The third-order valence-corrected chi connectivity index (χ3v) is 4.68. The fraction of sp³-hybridized carbons (Fsp3) is 0.625. The lowest BCUT2D eigenvalue weighted by Gasteiger charge is -2.37. The minimum atomic E-state index is -0.404. The third kappa shape index (κ3) is 3.13. The van der Waals surface area contributed by atoms with Gasteiger partial charge >= 0.3 is 0 Å². The van der Waals surface area contributed by atoms with Gasteiger partial charge in [0, 0.05) is 29.8 Å². The average molecular weight is 280 g/mol. The van der Waals surface area contributed by atoms with Crippen LogP contribution in [-0.2, 0) is 0 Å². The van der Waals surface area contributed by atoms with E-state index in [0.717, 1.165) is 12.1 Å². The second-order valence-electron chi connectivity index (χ2n) is 6.13. The number of rotatable bonds is 5. The number of nitrogens with zero attached hydrogens (tertiary/aromatic N) is 1. The van der Waals surface area contributed by atoms with Crippen LogP contribution < -0.4 is 5.32 Å². The number of nitrogens with one attached hydrogen (secondary N) is 1. The van der Waals surface area contributed by atoms with E-state index in [9.17, 15) is 9.50 Å². The molecule has 20 heavy (non-hydrogen) atoms. The molecule has 3 nitrogen and oxygen atoms in total. The van der Waals surface area contributed by atoms with Crippen LogP contribution in [0.4, 0.5) is 4.39 Å². The van der Waals surface area contributed by atoms with Gasteiger partial charge in [-0.2, -0.15) is 0 Å². The van der Waals surface area contributed by atoms with Gasteiger partial charge in [0.15, 0.2) is 0 Å². The van der Waals surface area contributed by atoms with Crippen molar-refractivity contribution >= 4 is 0 Å². The van der Waals surface area contributed by atoms with Crippen molar-refractivity contribution in [3.05, 3.63) is 29.6 Å². The molecule has 0 saturated heterocycles. The van der Waals surface area contributed by atoms with E-state index in [1.165, 1.54) is 37.8 Å². The van der Waals surface area contributed by atoms with E-state index >= 15 is 0 Å². The highest BCUT2D eigenvalue weighted by atomic mass is 19.1. The maximum Gasteiger partial charge on any atom is 0.126 e. The van der Waals surface area contributed by atoms with Gasteiger partial charge in [-0.25, -0.2) is 4.39 Å². The summed E-state index contributed by atoms with van der Waals surface area (Å²) < 4.78 is 13.0. The molecule has 0 bridgehead atoms. The Morgan fingerprint density at radius 2 is 2.00 bits per heavy atom. The fourth-order valence-corrected chi connectivity index (χ4v) is 3.15. The van der Waals surface area contributed by atoms with Crippen molar-refractivity contribution in [1.82, 2.24) is 10.2 Å². The Morgan fingerprint density at radius 3 is 2.55 bits per heavy atom. The zero-order valence-corrected chi connectivity index (χ0v) is 12.6. The van der Waals surface area contributed by atoms with E-state index in [4.69, 9.17) is 0 Å². The molecule has 0 spiro atoms. The van der Waals surface area contributed by atoms with E-state index in [2.05, 4.69) is 24.3 Å². The van der Waals surface area contributed by atoms with Crippen LogP contribution in [0.2, 0.25) is 0 Å². The summed E-state index contributed by atoms with van der Waals surface area (Å²) in [6.45, 7) is 2.89. The largest absolute Gasteiger partial charge is 0.508 e. The first-order chi connectivity index (χ1) is 9.44. The number of phenols is 1. The summed E-state index contributed by atoms with van der Waals surface area (Å²) in [5, 5.41) is 13.3. The Balaban J connectivity index is 2.02. The minimum Gasteiger partial charge on any atom is -0.508 e. The second kappa shape index (κ2) is 6.10. The highest BCUT2D eigenvalue weighted by Crippen LogP contribution is 2.34. The summed E-state index contributed by atoms with van der Waals surface area (Å²) in [7, 11) is 4.26. The number of benzene rings is 1. The quantitative estimate of drug-likeness (QED) is 0.870. The molecule has 1 saturated carbocycles. The molecule has 1 aliphatic carbocycles. The van der Waals surface area contributed by atoms with Crippen molar-refractivity contribution in [3.8, 4) is 5.75 Å². The van der Waals surface area contributed by atoms with Crippen LogP contribution in [0.25, 0.3) is 0 Å². The van der Waals surface area contributed by atoms with Gasteiger partial charge in [0.05, 0.1) is 0 Å². The molecule has 0 radical (unpaired) electrons. The highest BCUT2D eigenvalue weighted by molar-refractivity contribution is 5.34. The number of aromatic hydroxyl groups is 1. The summed E-state index contributed by atoms with van der Waals surface area (Å²) in [5.74, 6) is -0.380. The number of hydrogen-bond acceptors (Lipinski definition) is 3. The maximum absolute atomic E-state index is 13.0. The first-order valence-electron chi connectivity index (χ1n) is 7.34. The number of likely N-dealkylation sites (N-methyl/N-ethyl adjacent to an activating group) is 1. The zero-order chi connectivity index (χ0) is 14.8. The maximum atomic E-state index is 13.0. The van der Waals surface area contributed by atoms with Crippen molar-refractivity contribution < 1.29 is 9.50 Å². The van der Waals surface area contributed by atoms with Gasteiger partial charge in [-0.3, -0.25) is 0 Å². The summed E-state index contributed by atoms with van der Waals surface area (Å²) in [6, 6.07) is 4.22. The van der Waals surface area contributed by atoms with Crippen molar-refractivity contribution in [2.45, 2.75) is 44.2 Å². The van der Waals surface area contributed by atoms with Gasteiger partial charge in [0.25, 0.3) is 0 Å². The SMILES string of the molecule is CC(NCC1(N(C)C)CCCC1)c1ccc(F)cc1O. The Morgan fingerprint density at radius 1 is 1.35 bits per heavy atom. The van der Waals surface area contributed by atoms with Crippen LogP contribution in [0.5, 0.6) is 5.75 Å². The zero-order valence-electron chi connectivity index (χ0n) is 12.6. The van der Waals surface area contributed by atoms with E-state index < -0.39 is 5.82 Å². The predicted molar refractivity (Wildman–Crippen MR) is 79.4 cm³/mol. The molecule has 0 heterocycles. The van der Waals surface area contributed by atoms with Crippen LogP contribution in [-0.4, -0.2) is 36.2 Å². The fourth-order valence-electron chi connectivity index (χ4n) is 3.15. The third-order valence-electron chi connectivity index (χ3n) is 4.68. The number of halogens is 1. The van der Waals surface area contributed by atoms with Gasteiger partial charge in [0.2, 0.25) is 0 Å². The van der Waals surface area contributed by atoms with Gasteiger partial charge in [-0.15, -0.1) is 0 Å². The molecule has 0 aromatic heterocycles. The Kier molecular flexibility index (Phi) is 4.66. The van der Waals surface area contributed by atoms with Crippen molar-refractivity contribution in [1.29, 1.82) is 0 Å². The molecular weight excluding hydrogens is 255 g/mol. The van der Waals surface area contributed by atoms with Crippen LogP contribution >= 0.6 is 0 Å². The molecular formula is C16H25FN2O. The first-order valence-corrected chi connectivity index (χ1v) is 7.34. The van der Waals surface area contributed by atoms with Crippen molar-refractivity contribution in [3.63, 3.8) is 0 Å². The standard InChI is InChI=1S/C16H25FN2O/c1-12(14-7-6-13(17)10-15(14)20)18-11-16(19(2)3)8-4-5-9-16/h6-7,10,12,18,20H,4-5,8-9,11H2,1-3H3. The Hall–Kier alpha value is -1.13. The molecule has 1 unspecified atom stereocenters. The average Bonchev–Trinajstić information content (AvgIpc) is 2.86. The molecule has 4 heteroatoms. The smallest absolute Gasteiger partial charge is 0.126 e. The predicted octanol–water partition coefficient (Wildman–Crippen LogP) is 3.06. The normalized spacial score (nSPS) is 19.4. The van der Waals surface area contributed by atoms with E-state index in [1.54, 1.807) is 6.07 Å². The molecule has 1 aromatic rings. The van der Waals surface area contributed by atoms with Crippen LogP contribution in [0.15, 0.2) is 18.2 Å². The van der Waals surface area contributed by atoms with Crippen molar-refractivity contribution in [2.24, 2.45) is 0 Å². The molecule has 1 atom stereocenters. The minimum absolute atomic E-state index is 0.00743. The number of hydrogen-bond donors (Lipinski definition) is 2. The lowest BCUT2D eigenvalue weighted by atomic mass is 9.95. The molecule has 0 amide bonds. The Bertz CT molecular complexity index is 456. The van der Waals surface area contributed by atoms with Crippen LogP contribution in [0.1, 0.15) is 44.2 Å². The monoisotopic (exact) mass is 280 g/mol. The van der Waals surface area contributed by atoms with Gasteiger partial charge in [0.1, 0.15) is 11.6 Å². The van der Waals surface area contributed by atoms with Gasteiger partial charge in [-0.1, -0.05) is 18.9 Å². The molecule has 112 valence electrons. The lowest BCUT2D eigenvalue weighted by Crippen LogP contribution is -2.50. The molecule has 1 aromatic carbocycles. The Labute approximate surface area is 120 Å². The summed E-state index contributed by atoms with van der Waals surface area (Å²) in [5.41, 5.74) is 0.961. The summed E-state index contributed by atoms with van der Waals surface area (Å²) >= 11 is 0. The van der Waals surface area contributed by atoms with E-state index in [0.29, 0.717) is 0 Å². The lowest BCUT2D eigenvalue weighted by molar-refractivity contribution is 0.150. The van der Waals surface area contributed by atoms with E-state index in [1.807, 2.05) is 6.92 Å². The van der Waals surface area contributed by atoms with Gasteiger partial charge in [-0.05, 0) is 39.9 Å². The van der Waals surface area contributed by atoms with Gasteiger partial charge < -0.3 is 15.3 Å². The molecule has 2 rings (SSSR count). The molecule has 2 N–H and O–H groups in total. The van der Waals surface area contributed by atoms with Crippen LogP contribution in [0.3, 0.4) is 0 Å². The second-order valence-corrected chi connectivity index (χ2v) is 6.13. The molecule has 1 aliphatic rings. The topological polar surface area (TPSA) is 35.5 Å². The van der Waals surface area contributed by atoms with E-state index in [-0.39, 0.29) is 17.3 Å². The highest BCUT2D eigenvalue weighted by Gasteiger charge is 2.35. The van der Waals surface area contributed by atoms with Crippen LogP contribution in [0, 0.1) is 5.82 Å². The summed E-state index contributed by atoms with van der Waals surface area (Å²) in [6.07, 6.45) is 4.95. The molecule has 1 fully saturated rings. The molecule has 0 aliphatic heterocycles. The number of phenolic OH excluding ortho intramolecular Hbond substituents is 1. The first kappa shape index (κ1) is 15.3. The summed E-state index contributed by atoms with van der Waals surface area (Å²) in [4.78, 5) is 2.31.